The van der Waals surface area contributed by atoms with Gasteiger partial charge in [-0.2, -0.15) is 20.0 Å². The highest BCUT2D eigenvalue weighted by atomic mass is 32.1. The monoisotopic (exact) mass is 222 g/mol. The Balaban J connectivity index is 2.30. The van der Waals surface area contributed by atoms with E-state index in [4.69, 9.17) is 12.2 Å². The lowest BCUT2D eigenvalue weighted by Gasteiger charge is -1.93. The molecule has 15 heavy (non-hydrogen) atoms. The SMILES string of the molecule is Cc1c(/C=N/n2cn[nH]c2=S)cnn1C. The van der Waals surface area contributed by atoms with Crippen LogP contribution in [0.3, 0.4) is 0 Å². The maximum atomic E-state index is 4.95. The molecule has 2 rings (SSSR count). The van der Waals surface area contributed by atoms with E-state index in [1.807, 2.05) is 14.0 Å². The lowest BCUT2D eigenvalue weighted by atomic mass is 10.3. The summed E-state index contributed by atoms with van der Waals surface area (Å²) >= 11 is 4.95. The van der Waals surface area contributed by atoms with Crippen LogP contribution in [0.2, 0.25) is 0 Å². The molecule has 1 N–H and O–H groups in total. The molecule has 0 aromatic carbocycles. The molecule has 0 spiro atoms. The van der Waals surface area contributed by atoms with Crippen LogP contribution in [0.25, 0.3) is 0 Å². The summed E-state index contributed by atoms with van der Waals surface area (Å²) in [6.45, 7) is 1.98. The summed E-state index contributed by atoms with van der Waals surface area (Å²) < 4.78 is 3.74. The van der Waals surface area contributed by atoms with E-state index in [1.165, 1.54) is 11.0 Å². The van der Waals surface area contributed by atoms with Crippen molar-refractivity contribution in [1.82, 2.24) is 24.7 Å². The minimum atomic E-state index is 0.466. The van der Waals surface area contributed by atoms with Crippen molar-refractivity contribution in [2.75, 3.05) is 0 Å². The number of aromatic nitrogens is 5. The number of H-pyrrole nitrogens is 1. The van der Waals surface area contributed by atoms with Crippen LogP contribution in [0.4, 0.5) is 0 Å². The molecule has 0 amide bonds. The van der Waals surface area contributed by atoms with Crippen molar-refractivity contribution < 1.29 is 0 Å². The number of aryl methyl sites for hydroxylation is 1. The Labute approximate surface area is 91.2 Å². The fraction of sp³-hybridized carbons (Fsp3) is 0.250. The third kappa shape index (κ3) is 1.86. The van der Waals surface area contributed by atoms with Gasteiger partial charge in [-0.3, -0.25) is 9.78 Å². The van der Waals surface area contributed by atoms with Gasteiger partial charge in [0.05, 0.1) is 12.4 Å². The molecular weight excluding hydrogens is 212 g/mol. The third-order valence-electron chi connectivity index (χ3n) is 2.13. The van der Waals surface area contributed by atoms with Crippen LogP contribution in [0, 0.1) is 11.7 Å². The molecule has 0 bridgehead atoms. The van der Waals surface area contributed by atoms with Gasteiger partial charge >= 0.3 is 0 Å². The molecule has 0 radical (unpaired) electrons. The molecule has 0 atom stereocenters. The fourth-order valence-corrected chi connectivity index (χ4v) is 1.24. The first-order valence-electron chi connectivity index (χ1n) is 4.33. The summed E-state index contributed by atoms with van der Waals surface area (Å²) in [5.74, 6) is 0. The van der Waals surface area contributed by atoms with Crippen molar-refractivity contribution in [3.63, 3.8) is 0 Å². The normalized spacial score (nSPS) is 11.3. The van der Waals surface area contributed by atoms with E-state index in [1.54, 1.807) is 17.1 Å². The van der Waals surface area contributed by atoms with Gasteiger partial charge in [0.1, 0.15) is 6.33 Å². The molecule has 0 saturated carbocycles. The van der Waals surface area contributed by atoms with Crippen LogP contribution in [0.5, 0.6) is 0 Å². The van der Waals surface area contributed by atoms with E-state index in [2.05, 4.69) is 20.4 Å². The first kappa shape index (κ1) is 9.78. The number of hydrogen-bond acceptors (Lipinski definition) is 4. The van der Waals surface area contributed by atoms with Crippen molar-refractivity contribution in [3.8, 4) is 0 Å². The van der Waals surface area contributed by atoms with Crippen molar-refractivity contribution >= 4 is 18.4 Å². The maximum Gasteiger partial charge on any atom is 0.216 e. The van der Waals surface area contributed by atoms with E-state index >= 15 is 0 Å². The average molecular weight is 222 g/mol. The van der Waals surface area contributed by atoms with Gasteiger partial charge in [-0.15, -0.1) is 0 Å². The lowest BCUT2D eigenvalue weighted by Crippen LogP contribution is -1.94. The van der Waals surface area contributed by atoms with E-state index < -0.39 is 0 Å². The Morgan fingerprint density at radius 1 is 1.60 bits per heavy atom. The predicted molar refractivity (Wildman–Crippen MR) is 58.3 cm³/mol. The van der Waals surface area contributed by atoms with E-state index in [9.17, 15) is 0 Å². The molecule has 78 valence electrons. The van der Waals surface area contributed by atoms with Gasteiger partial charge in [-0.05, 0) is 19.1 Å². The van der Waals surface area contributed by atoms with Crippen LogP contribution >= 0.6 is 12.2 Å². The van der Waals surface area contributed by atoms with Crippen LogP contribution in [-0.4, -0.2) is 30.9 Å². The Morgan fingerprint density at radius 3 is 2.93 bits per heavy atom. The van der Waals surface area contributed by atoms with Crippen molar-refractivity contribution in [1.29, 1.82) is 0 Å². The summed E-state index contributed by atoms with van der Waals surface area (Å²) in [6, 6.07) is 0. The van der Waals surface area contributed by atoms with Crippen LogP contribution in [0.1, 0.15) is 11.3 Å². The number of rotatable bonds is 2. The Morgan fingerprint density at radius 2 is 2.40 bits per heavy atom. The molecule has 6 nitrogen and oxygen atoms in total. The summed E-state index contributed by atoms with van der Waals surface area (Å²) in [5, 5.41) is 14.6. The Hall–Kier alpha value is -1.76. The largest absolute Gasteiger partial charge is 0.272 e. The van der Waals surface area contributed by atoms with Gasteiger partial charge in [-0.1, -0.05) is 0 Å². The number of nitrogens with one attached hydrogen (secondary N) is 1. The fourth-order valence-electron chi connectivity index (χ4n) is 1.09. The van der Waals surface area contributed by atoms with Crippen LogP contribution in [0.15, 0.2) is 17.6 Å². The van der Waals surface area contributed by atoms with Crippen molar-refractivity contribution in [3.05, 3.63) is 28.6 Å². The van der Waals surface area contributed by atoms with Gasteiger partial charge in [0, 0.05) is 18.3 Å². The van der Waals surface area contributed by atoms with Gasteiger partial charge < -0.3 is 0 Å². The van der Waals surface area contributed by atoms with E-state index in [0.29, 0.717) is 4.77 Å². The molecule has 0 aliphatic rings. The van der Waals surface area contributed by atoms with Crippen molar-refractivity contribution in [2.24, 2.45) is 12.1 Å². The van der Waals surface area contributed by atoms with Crippen molar-refractivity contribution in [2.45, 2.75) is 6.92 Å². The van der Waals surface area contributed by atoms with Gasteiger partial charge in [0.2, 0.25) is 4.77 Å². The lowest BCUT2D eigenvalue weighted by molar-refractivity contribution is 0.740. The molecule has 0 aliphatic heterocycles. The zero-order valence-electron chi connectivity index (χ0n) is 8.38. The van der Waals surface area contributed by atoms with E-state index in [0.717, 1.165) is 11.3 Å². The molecule has 0 fully saturated rings. The molecule has 0 aliphatic carbocycles. The quantitative estimate of drug-likeness (QED) is 0.605. The second kappa shape index (κ2) is 3.77. The molecular formula is C8H10N6S. The summed E-state index contributed by atoms with van der Waals surface area (Å²) in [6.07, 6.45) is 4.97. The summed E-state index contributed by atoms with van der Waals surface area (Å²) in [4.78, 5) is 0. The van der Waals surface area contributed by atoms with Gasteiger partial charge in [-0.25, -0.2) is 0 Å². The minimum absolute atomic E-state index is 0.466. The van der Waals surface area contributed by atoms with Gasteiger partial charge in [0.15, 0.2) is 0 Å². The minimum Gasteiger partial charge on any atom is -0.272 e. The molecule has 2 aromatic heterocycles. The highest BCUT2D eigenvalue weighted by Gasteiger charge is 1.99. The number of nitrogens with zero attached hydrogens (tertiary/aromatic N) is 5. The zero-order valence-corrected chi connectivity index (χ0v) is 9.19. The van der Waals surface area contributed by atoms with Crippen LogP contribution < -0.4 is 0 Å². The molecule has 2 aromatic rings. The first-order valence-corrected chi connectivity index (χ1v) is 4.74. The standard InChI is InChI=1S/C8H10N6S/c1-6-7(3-10-13(6)2)4-11-14-5-9-12-8(14)15/h3-5H,1-2H3,(H,12,15)/b11-4+. The maximum absolute atomic E-state index is 4.95. The van der Waals surface area contributed by atoms with Gasteiger partial charge in [0.25, 0.3) is 0 Å². The third-order valence-corrected chi connectivity index (χ3v) is 2.41. The smallest absolute Gasteiger partial charge is 0.216 e. The highest BCUT2D eigenvalue weighted by Crippen LogP contribution is 2.02. The molecule has 0 saturated heterocycles. The molecule has 2 heterocycles. The number of hydrogen-bond donors (Lipinski definition) is 1. The van der Waals surface area contributed by atoms with Crippen LogP contribution in [-0.2, 0) is 7.05 Å². The first-order chi connectivity index (χ1) is 7.18. The number of aromatic amines is 1. The molecule has 0 unspecified atom stereocenters. The second-order valence-corrected chi connectivity index (χ2v) is 3.45. The molecule has 7 heteroatoms. The second-order valence-electron chi connectivity index (χ2n) is 3.06. The Bertz CT molecular complexity index is 545. The summed E-state index contributed by atoms with van der Waals surface area (Å²) in [7, 11) is 1.89. The predicted octanol–water partition coefficient (Wildman–Crippen LogP) is 0.865. The highest BCUT2D eigenvalue weighted by molar-refractivity contribution is 7.71. The zero-order chi connectivity index (χ0) is 10.8. The Kier molecular flexibility index (Phi) is 2.46. The van der Waals surface area contributed by atoms with E-state index in [-0.39, 0.29) is 0 Å². The topological polar surface area (TPSA) is 63.8 Å². The average Bonchev–Trinajstić information content (AvgIpc) is 2.74. The summed E-state index contributed by atoms with van der Waals surface area (Å²) in [5.41, 5.74) is 2.01.